The zero-order chi connectivity index (χ0) is 27.7. The summed E-state index contributed by atoms with van der Waals surface area (Å²) >= 11 is 0. The first-order chi connectivity index (χ1) is 17.4. The van der Waals surface area contributed by atoms with Crippen molar-refractivity contribution in [3.05, 3.63) is 29.8 Å². The summed E-state index contributed by atoms with van der Waals surface area (Å²) in [5.41, 5.74) is 0.365. The molecule has 0 aliphatic carbocycles. The van der Waals surface area contributed by atoms with Crippen LogP contribution in [0, 0.1) is 0 Å². The molecule has 0 saturated carbocycles. The highest BCUT2D eigenvalue weighted by Crippen LogP contribution is 2.28. The van der Waals surface area contributed by atoms with Gasteiger partial charge in [-0.25, -0.2) is 0 Å². The van der Waals surface area contributed by atoms with Crippen molar-refractivity contribution in [2.45, 2.75) is 71.7 Å². The second kappa shape index (κ2) is 13.3. The molecular weight excluding hydrogens is 494 g/mol. The minimum Gasteiger partial charge on any atom is -0.463 e. The molecule has 0 spiro atoms. The highest BCUT2D eigenvalue weighted by molar-refractivity contribution is 5.80. The van der Waals surface area contributed by atoms with Crippen molar-refractivity contribution in [2.75, 3.05) is 6.61 Å². The van der Waals surface area contributed by atoms with Gasteiger partial charge in [0.05, 0.1) is 6.42 Å². The Morgan fingerprint density at radius 3 is 1.95 bits per heavy atom. The fourth-order valence-electron chi connectivity index (χ4n) is 3.63. The van der Waals surface area contributed by atoms with E-state index in [1.165, 1.54) is 13.0 Å². The summed E-state index contributed by atoms with van der Waals surface area (Å²) in [6, 6.07) is 5.00. The van der Waals surface area contributed by atoms with Gasteiger partial charge in [-0.3, -0.25) is 28.8 Å². The van der Waals surface area contributed by atoms with E-state index in [1.54, 1.807) is 18.2 Å². The van der Waals surface area contributed by atoms with Crippen molar-refractivity contribution < 1.29 is 57.2 Å². The minimum atomic E-state index is -1.51. The number of esters is 5. The third-order valence-electron chi connectivity index (χ3n) is 4.89. The van der Waals surface area contributed by atoms with Crippen LogP contribution < -0.4 is 10.1 Å². The normalized spacial score (nSPS) is 22.7. The maximum atomic E-state index is 13.0. The van der Waals surface area contributed by atoms with Gasteiger partial charge in [-0.2, -0.15) is 0 Å². The number of amides is 1. The molecule has 0 unspecified atom stereocenters. The zero-order valence-electron chi connectivity index (χ0n) is 21.0. The third-order valence-corrected chi connectivity index (χ3v) is 4.89. The highest BCUT2D eigenvalue weighted by atomic mass is 16.7. The van der Waals surface area contributed by atoms with Gasteiger partial charge < -0.3 is 33.7 Å². The van der Waals surface area contributed by atoms with Crippen LogP contribution in [-0.4, -0.2) is 73.0 Å². The molecular formula is C24H29NO12. The molecule has 0 bridgehead atoms. The SMILES string of the molecule is CC(=O)OC[C@@H]1O[C@H](OC(C)=O)[C@H](NC(=O)Cc2ccccc2OC(C)=O)[C@@H](OC(C)=O)[C@H]1OC(C)=O. The molecule has 13 heteroatoms. The van der Waals surface area contributed by atoms with Gasteiger partial charge in [0.2, 0.25) is 12.2 Å². The molecule has 1 saturated heterocycles. The van der Waals surface area contributed by atoms with Gasteiger partial charge in [-0.1, -0.05) is 18.2 Å². The maximum Gasteiger partial charge on any atom is 0.308 e. The molecule has 1 aliphatic heterocycles. The van der Waals surface area contributed by atoms with E-state index < -0.39 is 73.0 Å². The monoisotopic (exact) mass is 523 g/mol. The topological polar surface area (TPSA) is 170 Å². The van der Waals surface area contributed by atoms with Crippen molar-refractivity contribution in [3.8, 4) is 5.75 Å². The van der Waals surface area contributed by atoms with E-state index in [9.17, 15) is 28.8 Å². The smallest absolute Gasteiger partial charge is 0.308 e. The summed E-state index contributed by atoms with van der Waals surface area (Å²) in [6.45, 7) is 5.22. The van der Waals surface area contributed by atoms with E-state index >= 15 is 0 Å². The number of nitrogens with one attached hydrogen (secondary N) is 1. The van der Waals surface area contributed by atoms with Gasteiger partial charge >= 0.3 is 29.8 Å². The number of hydrogen-bond donors (Lipinski definition) is 1. The highest BCUT2D eigenvalue weighted by Gasteiger charge is 2.52. The predicted molar refractivity (Wildman–Crippen MR) is 122 cm³/mol. The summed E-state index contributed by atoms with van der Waals surface area (Å²) in [4.78, 5) is 71.4. The molecule has 1 amide bonds. The van der Waals surface area contributed by atoms with Crippen LogP contribution >= 0.6 is 0 Å². The fourth-order valence-corrected chi connectivity index (χ4v) is 3.63. The van der Waals surface area contributed by atoms with Crippen molar-refractivity contribution in [3.63, 3.8) is 0 Å². The Hall–Kier alpha value is -4.00. The van der Waals surface area contributed by atoms with Crippen LogP contribution in [0.15, 0.2) is 24.3 Å². The average Bonchev–Trinajstić information content (AvgIpc) is 2.76. The standard InChI is InChI=1S/C24H29NO12/c1-12(26)32-11-19-22(34-14(3)28)23(35-15(4)29)21(24(37-19)36-16(5)30)25-20(31)10-17-8-6-7-9-18(17)33-13(2)27/h6-9,19,21-24H,10-11H2,1-5H3,(H,25,31)/t19-,21+,22-,23+,24-/m0/s1. The largest absolute Gasteiger partial charge is 0.463 e. The maximum absolute atomic E-state index is 13.0. The molecule has 2 rings (SSSR count). The number of ether oxygens (including phenoxy) is 6. The predicted octanol–water partition coefficient (Wildman–Crippen LogP) is 0.354. The lowest BCUT2D eigenvalue weighted by Gasteiger charge is -2.44. The summed E-state index contributed by atoms with van der Waals surface area (Å²) in [6.07, 6.45) is -5.74. The number of carbonyl (C=O) groups is 6. The van der Waals surface area contributed by atoms with Crippen molar-refractivity contribution in [1.29, 1.82) is 0 Å². The van der Waals surface area contributed by atoms with E-state index in [4.69, 9.17) is 28.4 Å². The first kappa shape index (κ1) is 29.2. The molecule has 1 N–H and O–H groups in total. The van der Waals surface area contributed by atoms with E-state index in [1.807, 2.05) is 0 Å². The fraction of sp³-hybridized carbons (Fsp3) is 0.500. The van der Waals surface area contributed by atoms with Crippen LogP contribution in [0.25, 0.3) is 0 Å². The molecule has 1 aromatic carbocycles. The first-order valence-electron chi connectivity index (χ1n) is 11.2. The van der Waals surface area contributed by atoms with Gasteiger partial charge in [0, 0.05) is 40.2 Å². The van der Waals surface area contributed by atoms with Crippen molar-refractivity contribution in [1.82, 2.24) is 5.32 Å². The Morgan fingerprint density at radius 2 is 1.38 bits per heavy atom. The quantitative estimate of drug-likeness (QED) is 0.268. The van der Waals surface area contributed by atoms with Crippen molar-refractivity contribution in [2.24, 2.45) is 0 Å². The average molecular weight is 523 g/mol. The lowest BCUT2D eigenvalue weighted by Crippen LogP contribution is -2.67. The second-order valence-electron chi connectivity index (χ2n) is 8.07. The zero-order valence-corrected chi connectivity index (χ0v) is 21.0. The Kier molecular flexibility index (Phi) is 10.5. The number of benzene rings is 1. The van der Waals surface area contributed by atoms with Crippen molar-refractivity contribution >= 4 is 35.8 Å². The molecule has 0 radical (unpaired) electrons. The summed E-state index contributed by atoms with van der Waals surface area (Å²) in [5, 5.41) is 2.59. The molecule has 1 heterocycles. The molecule has 1 aliphatic rings. The molecule has 1 aromatic rings. The Labute approximate surface area is 212 Å². The Bertz CT molecular complexity index is 1040. The van der Waals surface area contributed by atoms with E-state index in [2.05, 4.69) is 5.32 Å². The van der Waals surface area contributed by atoms with Crippen LogP contribution in [-0.2, 0) is 58.9 Å². The minimum absolute atomic E-state index is 0.164. The van der Waals surface area contributed by atoms with E-state index in [0.29, 0.717) is 5.56 Å². The van der Waals surface area contributed by atoms with Gasteiger partial charge in [0.25, 0.3) is 0 Å². The second-order valence-corrected chi connectivity index (χ2v) is 8.07. The Balaban J connectivity index is 2.40. The van der Waals surface area contributed by atoms with Crippen LogP contribution in [0.1, 0.15) is 40.2 Å². The van der Waals surface area contributed by atoms with Crippen LogP contribution in [0.4, 0.5) is 0 Å². The number of carbonyl (C=O) groups excluding carboxylic acids is 6. The van der Waals surface area contributed by atoms with E-state index in [0.717, 1.165) is 27.7 Å². The molecule has 37 heavy (non-hydrogen) atoms. The lowest BCUT2D eigenvalue weighted by molar-refractivity contribution is -0.271. The van der Waals surface area contributed by atoms with Crippen LogP contribution in [0.5, 0.6) is 5.75 Å². The molecule has 1 fully saturated rings. The van der Waals surface area contributed by atoms with Crippen LogP contribution in [0.3, 0.4) is 0 Å². The lowest BCUT2D eigenvalue weighted by atomic mass is 9.95. The first-order valence-corrected chi connectivity index (χ1v) is 11.2. The van der Waals surface area contributed by atoms with Gasteiger partial charge in [-0.05, 0) is 6.07 Å². The molecule has 5 atom stereocenters. The summed E-state index contributed by atoms with van der Waals surface area (Å²) < 4.78 is 31.8. The van der Waals surface area contributed by atoms with Crippen LogP contribution in [0.2, 0.25) is 0 Å². The number of hydrogen-bond acceptors (Lipinski definition) is 12. The summed E-state index contributed by atoms with van der Waals surface area (Å²) in [7, 11) is 0. The Morgan fingerprint density at radius 1 is 0.784 bits per heavy atom. The van der Waals surface area contributed by atoms with Gasteiger partial charge in [0.1, 0.15) is 24.5 Å². The number of rotatable bonds is 9. The molecule has 202 valence electrons. The number of para-hydroxylation sites is 1. The van der Waals surface area contributed by atoms with Gasteiger partial charge in [0.15, 0.2) is 12.2 Å². The summed E-state index contributed by atoms with van der Waals surface area (Å²) in [5.74, 6) is -4.09. The molecule has 13 nitrogen and oxygen atoms in total. The van der Waals surface area contributed by atoms with Gasteiger partial charge in [-0.15, -0.1) is 0 Å². The van der Waals surface area contributed by atoms with E-state index in [-0.39, 0.29) is 12.2 Å². The third kappa shape index (κ3) is 9.18. The molecule has 0 aromatic heterocycles.